The number of nitrogens with zero attached hydrogens (tertiary/aromatic N) is 1. The lowest BCUT2D eigenvalue weighted by atomic mass is 10.2. The van der Waals surface area contributed by atoms with Crippen molar-refractivity contribution in [2.45, 2.75) is 6.42 Å². The van der Waals surface area contributed by atoms with Gasteiger partial charge in [-0.3, -0.25) is 14.9 Å². The second kappa shape index (κ2) is 6.01. The molecule has 0 aliphatic heterocycles. The van der Waals surface area contributed by atoms with E-state index in [1.165, 1.54) is 18.2 Å². The van der Waals surface area contributed by atoms with E-state index in [1.807, 2.05) is 0 Å². The van der Waals surface area contributed by atoms with E-state index in [0.29, 0.717) is 17.4 Å². The van der Waals surface area contributed by atoms with Gasteiger partial charge in [-0.1, -0.05) is 15.9 Å². The highest BCUT2D eigenvalue weighted by Crippen LogP contribution is 2.21. The summed E-state index contributed by atoms with van der Waals surface area (Å²) < 4.78 is 0.480. The SMILES string of the molecule is C#CCCNC(=O)c1cc(Br)cc([N+](=O)[O-])c1. The third kappa shape index (κ3) is 3.89. The average molecular weight is 297 g/mol. The van der Waals surface area contributed by atoms with Crippen molar-refractivity contribution in [3.05, 3.63) is 38.3 Å². The monoisotopic (exact) mass is 296 g/mol. The first-order valence-electron chi connectivity index (χ1n) is 4.71. The van der Waals surface area contributed by atoms with E-state index in [2.05, 4.69) is 27.2 Å². The number of rotatable bonds is 4. The lowest BCUT2D eigenvalue weighted by Gasteiger charge is -2.03. The summed E-state index contributed by atoms with van der Waals surface area (Å²) in [5.41, 5.74) is 0.0876. The Balaban J connectivity index is 2.87. The number of halogens is 1. The minimum atomic E-state index is -0.553. The summed E-state index contributed by atoms with van der Waals surface area (Å²) in [7, 11) is 0. The molecule has 0 heterocycles. The topological polar surface area (TPSA) is 72.2 Å². The van der Waals surface area contributed by atoms with Gasteiger partial charge in [-0.15, -0.1) is 12.3 Å². The normalized spacial score (nSPS) is 9.41. The maximum Gasteiger partial charge on any atom is 0.271 e. The van der Waals surface area contributed by atoms with Gasteiger partial charge >= 0.3 is 0 Å². The van der Waals surface area contributed by atoms with Gasteiger partial charge in [0.1, 0.15) is 0 Å². The number of terminal acetylenes is 1. The van der Waals surface area contributed by atoms with E-state index in [1.54, 1.807) is 0 Å². The number of non-ortho nitro benzene ring substituents is 1. The molecule has 88 valence electrons. The van der Waals surface area contributed by atoms with Gasteiger partial charge in [0, 0.05) is 35.1 Å². The van der Waals surface area contributed by atoms with E-state index in [9.17, 15) is 14.9 Å². The van der Waals surface area contributed by atoms with Gasteiger partial charge in [0.05, 0.1) is 4.92 Å². The first-order valence-corrected chi connectivity index (χ1v) is 5.50. The average Bonchev–Trinajstić information content (AvgIpc) is 2.28. The molecule has 0 saturated heterocycles. The van der Waals surface area contributed by atoms with Crippen molar-refractivity contribution in [3.63, 3.8) is 0 Å². The second-order valence-electron chi connectivity index (χ2n) is 3.17. The predicted molar refractivity (Wildman–Crippen MR) is 66.6 cm³/mol. The molecule has 1 aromatic rings. The van der Waals surface area contributed by atoms with E-state index in [0.717, 1.165) is 0 Å². The molecule has 0 radical (unpaired) electrons. The molecule has 0 aliphatic carbocycles. The Morgan fingerprint density at radius 3 is 2.82 bits per heavy atom. The van der Waals surface area contributed by atoms with Crippen LogP contribution in [0.3, 0.4) is 0 Å². The molecule has 5 nitrogen and oxygen atoms in total. The van der Waals surface area contributed by atoms with Gasteiger partial charge < -0.3 is 5.32 Å². The van der Waals surface area contributed by atoms with Gasteiger partial charge in [-0.25, -0.2) is 0 Å². The lowest BCUT2D eigenvalue weighted by molar-refractivity contribution is -0.385. The molecule has 0 aromatic heterocycles. The molecule has 6 heteroatoms. The molecule has 1 N–H and O–H groups in total. The molecule has 0 spiro atoms. The summed E-state index contributed by atoms with van der Waals surface area (Å²) in [6.45, 7) is 0.343. The predicted octanol–water partition coefficient (Wildman–Crippen LogP) is 2.11. The van der Waals surface area contributed by atoms with Crippen molar-refractivity contribution in [2.24, 2.45) is 0 Å². The number of hydrogen-bond acceptors (Lipinski definition) is 3. The van der Waals surface area contributed by atoms with Gasteiger partial charge in [-0.2, -0.15) is 0 Å². The maximum absolute atomic E-state index is 11.6. The van der Waals surface area contributed by atoms with Crippen LogP contribution in [0, 0.1) is 22.5 Å². The molecule has 17 heavy (non-hydrogen) atoms. The van der Waals surface area contributed by atoms with Crippen molar-refractivity contribution >= 4 is 27.5 Å². The highest BCUT2D eigenvalue weighted by Gasteiger charge is 2.13. The fourth-order valence-corrected chi connectivity index (χ4v) is 1.64. The molecular weight excluding hydrogens is 288 g/mol. The molecule has 1 rings (SSSR count). The number of nitrogens with one attached hydrogen (secondary N) is 1. The number of hydrogen-bond donors (Lipinski definition) is 1. The molecule has 0 fully saturated rings. The van der Waals surface area contributed by atoms with Crippen molar-refractivity contribution in [2.75, 3.05) is 6.54 Å². The van der Waals surface area contributed by atoms with Gasteiger partial charge in [0.15, 0.2) is 0 Å². The minimum Gasteiger partial charge on any atom is -0.351 e. The van der Waals surface area contributed by atoms with E-state index in [-0.39, 0.29) is 17.2 Å². The number of nitro benzene ring substituents is 1. The summed E-state index contributed by atoms with van der Waals surface area (Å²) >= 11 is 3.11. The van der Waals surface area contributed by atoms with Crippen molar-refractivity contribution < 1.29 is 9.72 Å². The second-order valence-corrected chi connectivity index (χ2v) is 4.08. The minimum absolute atomic E-state index is 0.138. The standard InChI is InChI=1S/C11H9BrN2O3/c1-2-3-4-13-11(15)8-5-9(12)7-10(6-8)14(16)17/h1,5-7H,3-4H2,(H,13,15). The van der Waals surface area contributed by atoms with Crippen LogP contribution >= 0.6 is 15.9 Å². The smallest absolute Gasteiger partial charge is 0.271 e. The summed E-state index contributed by atoms with van der Waals surface area (Å²) in [6.07, 6.45) is 5.46. The molecule has 1 amide bonds. The molecule has 0 unspecified atom stereocenters. The van der Waals surface area contributed by atoms with Crippen LogP contribution < -0.4 is 5.32 Å². The number of amides is 1. The zero-order valence-electron chi connectivity index (χ0n) is 8.77. The third-order valence-corrected chi connectivity index (χ3v) is 2.37. The van der Waals surface area contributed by atoms with Crippen LogP contribution in [0.4, 0.5) is 5.69 Å². The summed E-state index contributed by atoms with van der Waals surface area (Å²) in [4.78, 5) is 21.7. The van der Waals surface area contributed by atoms with Crippen LogP contribution in [0.5, 0.6) is 0 Å². The van der Waals surface area contributed by atoms with Crippen molar-refractivity contribution in [1.82, 2.24) is 5.32 Å². The Bertz CT molecular complexity index is 494. The van der Waals surface area contributed by atoms with Crippen LogP contribution in [0.15, 0.2) is 22.7 Å². The van der Waals surface area contributed by atoms with Crippen LogP contribution in [-0.2, 0) is 0 Å². The molecule has 0 bridgehead atoms. The maximum atomic E-state index is 11.6. The van der Waals surface area contributed by atoms with Gasteiger partial charge in [0.2, 0.25) is 0 Å². The Hall–Kier alpha value is -1.87. The van der Waals surface area contributed by atoms with Crippen LogP contribution in [0.1, 0.15) is 16.8 Å². The van der Waals surface area contributed by atoms with Crippen LogP contribution in [0.25, 0.3) is 0 Å². The Kier molecular flexibility index (Phi) is 4.67. The van der Waals surface area contributed by atoms with Gasteiger partial charge in [0.25, 0.3) is 11.6 Å². The van der Waals surface area contributed by atoms with Gasteiger partial charge in [-0.05, 0) is 6.07 Å². The Labute approximate surface area is 106 Å². The van der Waals surface area contributed by atoms with Crippen LogP contribution in [0.2, 0.25) is 0 Å². The summed E-state index contributed by atoms with van der Waals surface area (Å²) in [5, 5.41) is 13.2. The summed E-state index contributed by atoms with van der Waals surface area (Å²) in [6, 6.07) is 4.06. The Morgan fingerprint density at radius 1 is 1.53 bits per heavy atom. The molecule has 0 aliphatic rings. The van der Waals surface area contributed by atoms with Crippen LogP contribution in [-0.4, -0.2) is 17.4 Å². The van der Waals surface area contributed by atoms with E-state index >= 15 is 0 Å². The number of carbonyl (C=O) groups excluding carboxylic acids is 1. The molecule has 0 saturated carbocycles. The quantitative estimate of drug-likeness (QED) is 0.400. The number of nitro groups is 1. The highest BCUT2D eigenvalue weighted by atomic mass is 79.9. The first kappa shape index (κ1) is 13.2. The van der Waals surface area contributed by atoms with E-state index < -0.39 is 4.92 Å². The number of carbonyl (C=O) groups is 1. The molecule has 0 atom stereocenters. The molecule has 1 aromatic carbocycles. The van der Waals surface area contributed by atoms with Crippen molar-refractivity contribution in [1.29, 1.82) is 0 Å². The summed E-state index contributed by atoms with van der Waals surface area (Å²) in [5.74, 6) is 2.00. The number of benzene rings is 1. The lowest BCUT2D eigenvalue weighted by Crippen LogP contribution is -2.24. The zero-order valence-corrected chi connectivity index (χ0v) is 10.4. The molecular formula is C11H9BrN2O3. The fraction of sp³-hybridized carbons (Fsp3) is 0.182. The van der Waals surface area contributed by atoms with Crippen molar-refractivity contribution in [3.8, 4) is 12.3 Å². The first-order chi connectivity index (χ1) is 8.04. The largest absolute Gasteiger partial charge is 0.351 e. The van der Waals surface area contributed by atoms with E-state index in [4.69, 9.17) is 6.42 Å². The third-order valence-electron chi connectivity index (χ3n) is 1.91. The zero-order chi connectivity index (χ0) is 12.8. The fourth-order valence-electron chi connectivity index (χ4n) is 1.16. The Morgan fingerprint density at radius 2 is 2.24 bits per heavy atom. The highest BCUT2D eigenvalue weighted by molar-refractivity contribution is 9.10.